The first-order chi connectivity index (χ1) is 16.5. The summed E-state index contributed by atoms with van der Waals surface area (Å²) in [6.07, 6.45) is 3.03. The average Bonchev–Trinajstić information content (AvgIpc) is 3.62. The lowest BCUT2D eigenvalue weighted by atomic mass is 10.1. The van der Waals surface area contributed by atoms with Gasteiger partial charge in [0.2, 0.25) is 11.7 Å². The van der Waals surface area contributed by atoms with Crippen molar-refractivity contribution in [2.45, 2.75) is 19.8 Å². The Hall–Kier alpha value is -4.19. The first kappa shape index (κ1) is 23.0. The van der Waals surface area contributed by atoms with Gasteiger partial charge in [0.25, 0.3) is 5.91 Å². The molecule has 0 radical (unpaired) electrons. The van der Waals surface area contributed by atoms with Crippen molar-refractivity contribution in [2.24, 2.45) is 0 Å². The lowest BCUT2D eigenvalue weighted by Gasteiger charge is -2.08. The Balaban J connectivity index is 1.30. The molecule has 0 aliphatic rings. The summed E-state index contributed by atoms with van der Waals surface area (Å²) in [6, 6.07) is 6.75. The number of rotatable bonds is 10. The van der Waals surface area contributed by atoms with E-state index in [-0.39, 0.29) is 41.7 Å². The Kier molecular flexibility index (Phi) is 7.18. The molecule has 12 heteroatoms. The van der Waals surface area contributed by atoms with E-state index in [0.29, 0.717) is 17.1 Å². The molecule has 0 aromatic carbocycles. The summed E-state index contributed by atoms with van der Waals surface area (Å²) in [5.74, 6) is -0.421. The van der Waals surface area contributed by atoms with Crippen molar-refractivity contribution >= 4 is 34.2 Å². The van der Waals surface area contributed by atoms with E-state index in [2.05, 4.69) is 15.5 Å². The second-order valence-electron chi connectivity index (χ2n) is 6.75. The van der Waals surface area contributed by atoms with E-state index in [0.717, 1.165) is 11.3 Å². The van der Waals surface area contributed by atoms with Crippen LogP contribution in [0, 0.1) is 0 Å². The van der Waals surface area contributed by atoms with Crippen LogP contribution >= 0.6 is 11.3 Å². The number of aryl methyl sites for hydroxylation is 1. The molecule has 11 nitrogen and oxygen atoms in total. The number of aromatic nitrogens is 2. The summed E-state index contributed by atoms with van der Waals surface area (Å²) < 4.78 is 25.7. The number of anilines is 1. The number of furan rings is 2. The summed E-state index contributed by atoms with van der Waals surface area (Å²) in [6.45, 7) is 1.32. The van der Waals surface area contributed by atoms with E-state index in [1.54, 1.807) is 36.6 Å². The lowest BCUT2D eigenvalue weighted by Crippen LogP contribution is -2.22. The number of thiophene rings is 1. The predicted octanol–water partition coefficient (Wildman–Crippen LogP) is 3.94. The van der Waals surface area contributed by atoms with Gasteiger partial charge in [-0.05, 0) is 31.2 Å². The van der Waals surface area contributed by atoms with E-state index >= 15 is 0 Å². The molecule has 0 atom stereocenters. The molecule has 0 aliphatic carbocycles. The minimum absolute atomic E-state index is 0.0667. The van der Waals surface area contributed by atoms with Crippen molar-refractivity contribution < 1.29 is 37.2 Å². The van der Waals surface area contributed by atoms with Crippen molar-refractivity contribution in [3.8, 4) is 22.9 Å². The predicted molar refractivity (Wildman–Crippen MR) is 118 cm³/mol. The molecule has 34 heavy (non-hydrogen) atoms. The van der Waals surface area contributed by atoms with Gasteiger partial charge in [-0.1, -0.05) is 5.16 Å². The number of esters is 2. The summed E-state index contributed by atoms with van der Waals surface area (Å²) in [7, 11) is 0. The second kappa shape index (κ2) is 10.6. The van der Waals surface area contributed by atoms with Crippen LogP contribution in [0.4, 0.5) is 5.00 Å². The van der Waals surface area contributed by atoms with Gasteiger partial charge in [-0.2, -0.15) is 4.98 Å². The highest BCUT2D eigenvalue weighted by atomic mass is 32.1. The third-order valence-electron chi connectivity index (χ3n) is 4.43. The van der Waals surface area contributed by atoms with Crippen LogP contribution in [0.2, 0.25) is 0 Å². The Labute approximate surface area is 196 Å². The van der Waals surface area contributed by atoms with Gasteiger partial charge in [0, 0.05) is 17.4 Å². The van der Waals surface area contributed by atoms with E-state index in [1.807, 2.05) is 0 Å². The number of nitrogens with one attached hydrogen (secondary N) is 1. The van der Waals surface area contributed by atoms with Crippen molar-refractivity contribution in [3.63, 3.8) is 0 Å². The Morgan fingerprint density at radius 3 is 2.56 bits per heavy atom. The van der Waals surface area contributed by atoms with Crippen LogP contribution in [0.25, 0.3) is 22.9 Å². The molecule has 0 fully saturated rings. The summed E-state index contributed by atoms with van der Waals surface area (Å²) in [5, 5.41) is 8.30. The largest absolute Gasteiger partial charge is 0.464 e. The Morgan fingerprint density at radius 1 is 1.09 bits per heavy atom. The molecule has 0 unspecified atom stereocenters. The minimum Gasteiger partial charge on any atom is -0.464 e. The third kappa shape index (κ3) is 5.41. The molecule has 0 spiro atoms. The van der Waals surface area contributed by atoms with Gasteiger partial charge in [0.1, 0.15) is 16.3 Å². The molecule has 4 heterocycles. The zero-order valence-electron chi connectivity index (χ0n) is 17.9. The molecule has 1 N–H and O–H groups in total. The van der Waals surface area contributed by atoms with Crippen LogP contribution in [-0.2, 0) is 25.5 Å². The van der Waals surface area contributed by atoms with Crippen LogP contribution in [0.3, 0.4) is 0 Å². The number of hydrogen-bond donors (Lipinski definition) is 1. The second-order valence-corrected chi connectivity index (χ2v) is 7.63. The smallest absolute Gasteiger partial charge is 0.341 e. The van der Waals surface area contributed by atoms with Crippen molar-refractivity contribution in [1.29, 1.82) is 0 Å². The monoisotopic (exact) mass is 485 g/mol. The first-order valence-electron chi connectivity index (χ1n) is 10.2. The van der Waals surface area contributed by atoms with Crippen molar-refractivity contribution in [3.05, 3.63) is 53.6 Å². The molecule has 1 amide bonds. The highest BCUT2D eigenvalue weighted by molar-refractivity contribution is 7.15. The quantitative estimate of drug-likeness (QED) is 0.328. The zero-order valence-corrected chi connectivity index (χ0v) is 18.8. The molecule has 4 aromatic rings. The van der Waals surface area contributed by atoms with Crippen LogP contribution in [0.1, 0.15) is 29.6 Å². The van der Waals surface area contributed by atoms with Crippen LogP contribution in [0.5, 0.6) is 0 Å². The maximum absolute atomic E-state index is 12.5. The lowest BCUT2D eigenvalue weighted by molar-refractivity contribution is -0.147. The first-order valence-corrected chi connectivity index (χ1v) is 11.1. The molecular formula is C22H19N3O8S. The Morgan fingerprint density at radius 2 is 1.85 bits per heavy atom. The number of nitrogens with zero attached hydrogens (tertiary/aromatic N) is 2. The van der Waals surface area contributed by atoms with Gasteiger partial charge < -0.3 is 28.1 Å². The van der Waals surface area contributed by atoms with Crippen LogP contribution in [0.15, 0.2) is 55.5 Å². The number of amides is 1. The van der Waals surface area contributed by atoms with Gasteiger partial charge in [-0.25, -0.2) is 4.79 Å². The highest BCUT2D eigenvalue weighted by Gasteiger charge is 2.24. The van der Waals surface area contributed by atoms with E-state index in [9.17, 15) is 14.4 Å². The van der Waals surface area contributed by atoms with Gasteiger partial charge >= 0.3 is 11.9 Å². The number of ether oxygens (including phenoxy) is 2. The number of hydrogen-bond acceptors (Lipinski definition) is 11. The molecule has 0 saturated heterocycles. The molecule has 0 aliphatic heterocycles. The van der Waals surface area contributed by atoms with E-state index in [1.165, 1.54) is 12.5 Å². The zero-order chi connectivity index (χ0) is 23.9. The van der Waals surface area contributed by atoms with Gasteiger partial charge in [0.15, 0.2) is 12.4 Å². The van der Waals surface area contributed by atoms with Gasteiger partial charge in [-0.15, -0.1) is 11.3 Å². The fraction of sp³-hybridized carbons (Fsp3) is 0.227. The standard InChI is InChI=1S/C22H19N3O8S/c1-2-29-22(28)19-13(14-5-3-9-30-14)12-34-21(19)23-16(26)11-32-18(27)8-7-17-24-20(25-33-17)15-6-4-10-31-15/h3-6,9-10,12H,2,7-8,11H2,1H3,(H,23,26). The topological polar surface area (TPSA) is 147 Å². The van der Waals surface area contributed by atoms with Crippen LogP contribution in [-0.4, -0.2) is 41.2 Å². The highest BCUT2D eigenvalue weighted by Crippen LogP contribution is 2.36. The fourth-order valence-corrected chi connectivity index (χ4v) is 3.87. The Bertz CT molecular complexity index is 1260. The van der Waals surface area contributed by atoms with E-state index in [4.69, 9.17) is 22.8 Å². The summed E-state index contributed by atoms with van der Waals surface area (Å²) >= 11 is 1.13. The maximum atomic E-state index is 12.5. The molecule has 4 aromatic heterocycles. The fourth-order valence-electron chi connectivity index (χ4n) is 2.92. The number of carbonyl (C=O) groups is 3. The average molecular weight is 485 g/mol. The van der Waals surface area contributed by atoms with Crippen LogP contribution < -0.4 is 5.32 Å². The van der Waals surface area contributed by atoms with Crippen molar-refractivity contribution in [2.75, 3.05) is 18.5 Å². The molecule has 4 rings (SSSR count). The van der Waals surface area contributed by atoms with E-state index < -0.39 is 24.5 Å². The maximum Gasteiger partial charge on any atom is 0.341 e. The minimum atomic E-state index is -0.624. The molecule has 0 saturated carbocycles. The SMILES string of the molecule is CCOC(=O)c1c(-c2ccco2)csc1NC(=O)COC(=O)CCc1nc(-c2ccco2)no1. The summed E-state index contributed by atoms with van der Waals surface area (Å²) in [4.78, 5) is 41.0. The number of carbonyl (C=O) groups excluding carboxylic acids is 3. The van der Waals surface area contributed by atoms with Gasteiger partial charge in [0.05, 0.1) is 25.6 Å². The van der Waals surface area contributed by atoms with Gasteiger partial charge in [-0.3, -0.25) is 9.59 Å². The molecule has 176 valence electrons. The summed E-state index contributed by atoms with van der Waals surface area (Å²) in [5.41, 5.74) is 0.666. The normalized spacial score (nSPS) is 10.7. The molecular weight excluding hydrogens is 466 g/mol. The van der Waals surface area contributed by atoms with Crippen molar-refractivity contribution in [1.82, 2.24) is 10.1 Å². The third-order valence-corrected chi connectivity index (χ3v) is 5.32. The molecule has 0 bridgehead atoms.